The largest absolute Gasteiger partial charge is 0.377 e. The number of ether oxygens (including phenoxy) is 1. The number of amides is 1. The van der Waals surface area contributed by atoms with E-state index in [1.54, 1.807) is 18.4 Å². The summed E-state index contributed by atoms with van der Waals surface area (Å²) in [6.45, 7) is 12.8. The lowest BCUT2D eigenvalue weighted by Gasteiger charge is -2.25. The summed E-state index contributed by atoms with van der Waals surface area (Å²) in [6, 6.07) is 10.4. The lowest BCUT2D eigenvalue weighted by Crippen LogP contribution is -2.42. The van der Waals surface area contributed by atoms with Gasteiger partial charge in [0.15, 0.2) is 5.78 Å². The fraction of sp³-hybridized carbons (Fsp3) is 0.567. The number of rotatable bonds is 14. The van der Waals surface area contributed by atoms with Gasteiger partial charge in [-0.25, -0.2) is 4.98 Å². The molecule has 1 N–H and O–H groups in total. The molecule has 202 valence electrons. The van der Waals surface area contributed by atoms with E-state index in [1.807, 2.05) is 32.0 Å². The van der Waals surface area contributed by atoms with Gasteiger partial charge in [0.1, 0.15) is 5.82 Å². The maximum absolute atomic E-state index is 13.4. The molecule has 0 saturated heterocycles. The monoisotopic (exact) mass is 525 g/mol. The van der Waals surface area contributed by atoms with Gasteiger partial charge in [0.25, 0.3) is 0 Å². The average molecular weight is 526 g/mol. The van der Waals surface area contributed by atoms with Crippen molar-refractivity contribution >= 4 is 34.1 Å². The molecule has 0 spiro atoms. The molecular weight excluding hydrogens is 482 g/mol. The molecule has 0 aliphatic heterocycles. The molecule has 3 aromatic rings. The third-order valence-electron chi connectivity index (χ3n) is 7.10. The molecule has 2 heterocycles. The Morgan fingerprint density at radius 1 is 1.16 bits per heavy atom. The number of nitrogens with one attached hydrogen (secondary N) is 1. The second kappa shape index (κ2) is 12.8. The highest BCUT2D eigenvalue weighted by atomic mass is 32.1. The summed E-state index contributed by atoms with van der Waals surface area (Å²) < 4.78 is 7.78. The van der Waals surface area contributed by atoms with Crippen LogP contribution >= 0.6 is 11.3 Å². The Morgan fingerprint density at radius 2 is 1.89 bits per heavy atom. The SMILES string of the molecule is CCC(CC)n1c(Cc2cccs2)nc2cc(C(=O)C[C@@H](CC(C)C)C(=O)NCC(C)(C)OC)ccc21. The summed E-state index contributed by atoms with van der Waals surface area (Å²) in [5.41, 5.74) is 2.07. The predicted molar refractivity (Wildman–Crippen MR) is 152 cm³/mol. The van der Waals surface area contributed by atoms with E-state index in [9.17, 15) is 9.59 Å². The highest BCUT2D eigenvalue weighted by Crippen LogP contribution is 2.29. The Labute approximate surface area is 225 Å². The molecule has 0 fully saturated rings. The third-order valence-corrected chi connectivity index (χ3v) is 7.98. The van der Waals surface area contributed by atoms with Crippen molar-refractivity contribution in [3.63, 3.8) is 0 Å². The number of carbonyl (C=O) groups excluding carboxylic acids is 2. The zero-order valence-corrected chi connectivity index (χ0v) is 24.3. The summed E-state index contributed by atoms with van der Waals surface area (Å²) >= 11 is 1.74. The average Bonchev–Trinajstić information content (AvgIpc) is 3.50. The lowest BCUT2D eigenvalue weighted by atomic mass is 9.89. The Bertz CT molecular complexity index is 1180. The molecule has 0 unspecified atom stereocenters. The van der Waals surface area contributed by atoms with Gasteiger partial charge >= 0.3 is 0 Å². The number of ketones is 1. The molecule has 0 saturated carbocycles. The molecule has 0 aliphatic rings. The summed E-state index contributed by atoms with van der Waals surface area (Å²) in [5, 5.41) is 5.09. The van der Waals surface area contributed by atoms with E-state index in [-0.39, 0.29) is 24.0 Å². The number of methoxy groups -OCH3 is 1. The Hall–Kier alpha value is -2.51. The van der Waals surface area contributed by atoms with Crippen molar-refractivity contribution in [1.29, 1.82) is 0 Å². The Morgan fingerprint density at radius 3 is 2.49 bits per heavy atom. The van der Waals surface area contributed by atoms with Gasteiger partial charge in [-0.05, 0) is 68.7 Å². The van der Waals surface area contributed by atoms with Gasteiger partial charge in [-0.15, -0.1) is 11.3 Å². The number of nitrogens with zero attached hydrogens (tertiary/aromatic N) is 2. The minimum Gasteiger partial charge on any atom is -0.377 e. The highest BCUT2D eigenvalue weighted by Gasteiger charge is 2.26. The number of carbonyl (C=O) groups is 2. The van der Waals surface area contributed by atoms with E-state index in [1.165, 1.54) is 4.88 Å². The number of imidazole rings is 1. The minimum atomic E-state index is -0.457. The Balaban J connectivity index is 1.87. The number of fused-ring (bicyclic) bond motifs is 1. The Kier molecular flexibility index (Phi) is 10.1. The fourth-order valence-electron chi connectivity index (χ4n) is 4.79. The zero-order valence-electron chi connectivity index (χ0n) is 23.5. The van der Waals surface area contributed by atoms with Crippen LogP contribution in [-0.2, 0) is 16.0 Å². The molecule has 1 amide bonds. The van der Waals surface area contributed by atoms with E-state index in [2.05, 4.69) is 55.1 Å². The molecule has 37 heavy (non-hydrogen) atoms. The van der Waals surface area contributed by atoms with E-state index in [4.69, 9.17) is 9.72 Å². The van der Waals surface area contributed by atoms with Gasteiger partial charge < -0.3 is 14.6 Å². The van der Waals surface area contributed by atoms with Crippen LogP contribution in [0.1, 0.15) is 94.3 Å². The summed E-state index contributed by atoms with van der Waals surface area (Å²) in [7, 11) is 1.63. The normalized spacial score (nSPS) is 13.0. The molecule has 7 heteroatoms. The standard InChI is InChI=1S/C30H43N3O3S/c1-8-23(9-2)33-26-13-12-21(16-25(26)32-28(33)18-24-11-10-14-37-24)27(34)17-22(15-20(3)4)29(35)31-19-30(5,6)36-7/h10-14,16,20,22-23H,8-9,15,17-19H2,1-7H3,(H,31,35)/t22-/m1/s1. The van der Waals surface area contributed by atoms with Crippen LogP contribution in [0.5, 0.6) is 0 Å². The van der Waals surface area contributed by atoms with Gasteiger partial charge in [-0.3, -0.25) is 9.59 Å². The van der Waals surface area contributed by atoms with Crippen LogP contribution in [0.25, 0.3) is 11.0 Å². The summed E-state index contributed by atoms with van der Waals surface area (Å²) in [4.78, 5) is 32.7. The number of aromatic nitrogens is 2. The first-order valence-electron chi connectivity index (χ1n) is 13.5. The molecule has 0 radical (unpaired) electrons. The van der Waals surface area contributed by atoms with Crippen LogP contribution in [0.3, 0.4) is 0 Å². The van der Waals surface area contributed by atoms with Crippen molar-refractivity contribution in [3.8, 4) is 0 Å². The van der Waals surface area contributed by atoms with Crippen LogP contribution in [0, 0.1) is 11.8 Å². The molecule has 1 aromatic carbocycles. The van der Waals surface area contributed by atoms with Crippen LogP contribution in [0.15, 0.2) is 35.7 Å². The molecule has 0 aliphatic carbocycles. The second-order valence-corrected chi connectivity index (χ2v) is 12.0. The quantitative estimate of drug-likeness (QED) is 0.234. The first-order valence-corrected chi connectivity index (χ1v) is 14.4. The van der Waals surface area contributed by atoms with E-state index in [0.717, 1.165) is 36.1 Å². The van der Waals surface area contributed by atoms with Crippen LogP contribution in [0.4, 0.5) is 0 Å². The van der Waals surface area contributed by atoms with E-state index >= 15 is 0 Å². The predicted octanol–water partition coefficient (Wildman–Crippen LogP) is 6.83. The van der Waals surface area contributed by atoms with E-state index < -0.39 is 5.60 Å². The first-order chi connectivity index (χ1) is 17.6. The molecule has 1 atom stereocenters. The number of benzene rings is 1. The number of hydrogen-bond donors (Lipinski definition) is 1. The van der Waals surface area contributed by atoms with Crippen molar-refractivity contribution in [3.05, 3.63) is 52.0 Å². The number of Topliss-reactive ketones (excluding diaryl/α,β-unsaturated/α-hetero) is 1. The lowest BCUT2D eigenvalue weighted by molar-refractivity contribution is -0.126. The molecule has 3 rings (SSSR count). The van der Waals surface area contributed by atoms with Crippen LogP contribution < -0.4 is 5.32 Å². The molecule has 6 nitrogen and oxygen atoms in total. The topological polar surface area (TPSA) is 73.2 Å². The minimum absolute atomic E-state index is 0.0226. The summed E-state index contributed by atoms with van der Waals surface area (Å²) in [5.74, 6) is 0.841. The first kappa shape index (κ1) is 29.1. The van der Waals surface area contributed by atoms with Crippen molar-refractivity contribution < 1.29 is 14.3 Å². The summed E-state index contributed by atoms with van der Waals surface area (Å²) in [6.07, 6.45) is 3.65. The van der Waals surface area contributed by atoms with Crippen molar-refractivity contribution in [2.45, 2.75) is 85.3 Å². The number of thiophene rings is 1. The third kappa shape index (κ3) is 7.51. The van der Waals surface area contributed by atoms with Gasteiger partial charge in [-0.1, -0.05) is 33.8 Å². The van der Waals surface area contributed by atoms with Crippen LogP contribution in [-0.4, -0.2) is 40.5 Å². The molecular formula is C30H43N3O3S. The van der Waals surface area contributed by atoms with Gasteiger partial charge in [-0.2, -0.15) is 0 Å². The molecule has 2 aromatic heterocycles. The van der Waals surface area contributed by atoms with Gasteiger partial charge in [0.05, 0.1) is 16.6 Å². The zero-order chi connectivity index (χ0) is 27.2. The van der Waals surface area contributed by atoms with Crippen molar-refractivity contribution in [1.82, 2.24) is 14.9 Å². The van der Waals surface area contributed by atoms with Crippen molar-refractivity contribution in [2.75, 3.05) is 13.7 Å². The maximum atomic E-state index is 13.4. The maximum Gasteiger partial charge on any atom is 0.223 e. The van der Waals surface area contributed by atoms with Crippen molar-refractivity contribution in [2.24, 2.45) is 11.8 Å². The highest BCUT2D eigenvalue weighted by molar-refractivity contribution is 7.09. The van der Waals surface area contributed by atoms with Gasteiger partial charge in [0, 0.05) is 48.9 Å². The fourth-order valence-corrected chi connectivity index (χ4v) is 5.49. The number of hydrogen-bond acceptors (Lipinski definition) is 5. The van der Waals surface area contributed by atoms with E-state index in [0.29, 0.717) is 30.5 Å². The van der Waals surface area contributed by atoms with Gasteiger partial charge in [0.2, 0.25) is 5.91 Å². The smallest absolute Gasteiger partial charge is 0.223 e. The molecule has 0 bridgehead atoms. The second-order valence-electron chi connectivity index (χ2n) is 11.0. The van der Waals surface area contributed by atoms with Crippen LogP contribution in [0.2, 0.25) is 0 Å².